The van der Waals surface area contributed by atoms with Gasteiger partial charge in [0.05, 0.1) is 11.7 Å². The molecule has 2 N–H and O–H groups in total. The van der Waals surface area contributed by atoms with Crippen molar-refractivity contribution in [1.29, 1.82) is 0 Å². The first-order chi connectivity index (χ1) is 15.6. The smallest absolute Gasteiger partial charge is 0.263 e. The Morgan fingerprint density at radius 1 is 1.00 bits per heavy atom. The third-order valence-electron chi connectivity index (χ3n) is 4.70. The SMILES string of the molecule is C[C@H](NC(=O)c1cc(C(F)F)cc(C(F)F)c1)c1ncnn1-c1cc(C(O)N(C)C)ncn1. The van der Waals surface area contributed by atoms with Crippen LogP contribution < -0.4 is 5.32 Å². The van der Waals surface area contributed by atoms with Crippen molar-refractivity contribution in [2.75, 3.05) is 14.1 Å². The Morgan fingerprint density at radius 3 is 2.21 bits per heavy atom. The number of aliphatic hydroxyl groups is 1. The molecular weight excluding hydrogens is 446 g/mol. The molecule has 13 heteroatoms. The number of carbonyl (C=O) groups is 1. The van der Waals surface area contributed by atoms with E-state index in [1.165, 1.54) is 28.3 Å². The lowest BCUT2D eigenvalue weighted by atomic mass is 10.0. The van der Waals surface area contributed by atoms with Gasteiger partial charge in [-0.15, -0.1) is 0 Å². The molecule has 0 spiro atoms. The van der Waals surface area contributed by atoms with Gasteiger partial charge in [0.25, 0.3) is 18.8 Å². The molecule has 2 heterocycles. The molecule has 0 radical (unpaired) electrons. The number of nitrogens with one attached hydrogen (secondary N) is 1. The highest BCUT2D eigenvalue weighted by molar-refractivity contribution is 5.94. The molecule has 0 saturated heterocycles. The molecule has 1 unspecified atom stereocenters. The number of rotatable bonds is 8. The first kappa shape index (κ1) is 24.2. The van der Waals surface area contributed by atoms with Crippen molar-refractivity contribution >= 4 is 5.91 Å². The van der Waals surface area contributed by atoms with E-state index in [4.69, 9.17) is 0 Å². The monoisotopic (exact) mass is 467 g/mol. The molecule has 9 nitrogen and oxygen atoms in total. The number of amides is 1. The maximum Gasteiger partial charge on any atom is 0.263 e. The Hall–Kier alpha value is -3.45. The van der Waals surface area contributed by atoms with E-state index < -0.39 is 42.2 Å². The van der Waals surface area contributed by atoms with E-state index >= 15 is 0 Å². The van der Waals surface area contributed by atoms with Crippen molar-refractivity contribution < 1.29 is 27.5 Å². The van der Waals surface area contributed by atoms with Crippen LogP contribution in [0.25, 0.3) is 5.82 Å². The largest absolute Gasteiger partial charge is 0.372 e. The predicted octanol–water partition coefficient (Wildman–Crippen LogP) is 2.98. The lowest BCUT2D eigenvalue weighted by Crippen LogP contribution is -2.29. The second kappa shape index (κ2) is 10.0. The summed E-state index contributed by atoms with van der Waals surface area (Å²) in [6.07, 6.45) is -4.58. The van der Waals surface area contributed by atoms with Gasteiger partial charge >= 0.3 is 0 Å². The zero-order valence-electron chi connectivity index (χ0n) is 17.8. The standard InChI is InChI=1S/C20H21F4N7O2/c1-10(29-19(32)13-5-11(16(21)22)4-12(6-13)17(23)24)18-27-9-28-31(18)15-7-14(25-8-26-15)20(33)30(2)3/h4-10,16-17,20,33H,1-3H3,(H,29,32)/t10-,20?/m0/s1. The van der Waals surface area contributed by atoms with Crippen LogP contribution in [0.3, 0.4) is 0 Å². The Bertz CT molecular complexity index is 1100. The fourth-order valence-electron chi connectivity index (χ4n) is 3.01. The van der Waals surface area contributed by atoms with E-state index in [9.17, 15) is 27.5 Å². The first-order valence-electron chi connectivity index (χ1n) is 9.67. The number of hydrogen-bond donors (Lipinski definition) is 2. The molecule has 0 aliphatic heterocycles. The third-order valence-corrected chi connectivity index (χ3v) is 4.70. The number of nitrogens with zero attached hydrogens (tertiary/aromatic N) is 6. The van der Waals surface area contributed by atoms with Gasteiger partial charge in [-0.2, -0.15) is 9.78 Å². The van der Waals surface area contributed by atoms with Crippen molar-refractivity contribution in [1.82, 2.24) is 34.9 Å². The quantitative estimate of drug-likeness (QED) is 0.387. The van der Waals surface area contributed by atoms with E-state index in [0.29, 0.717) is 11.8 Å². The van der Waals surface area contributed by atoms with E-state index in [2.05, 4.69) is 25.4 Å². The second-order valence-corrected chi connectivity index (χ2v) is 7.35. The molecule has 3 aromatic rings. The average Bonchev–Trinajstić information content (AvgIpc) is 3.28. The molecule has 0 saturated carbocycles. The number of carbonyl (C=O) groups excluding carboxylic acids is 1. The number of halogens is 4. The van der Waals surface area contributed by atoms with Crippen LogP contribution in [-0.4, -0.2) is 54.7 Å². The maximum absolute atomic E-state index is 13.1. The van der Waals surface area contributed by atoms with Crippen LogP contribution in [0, 0.1) is 0 Å². The molecule has 1 aromatic carbocycles. The highest BCUT2D eigenvalue weighted by Crippen LogP contribution is 2.27. The molecule has 3 rings (SSSR count). The molecule has 0 bridgehead atoms. The fraction of sp³-hybridized carbons (Fsp3) is 0.350. The van der Waals surface area contributed by atoms with Crippen molar-refractivity contribution in [2.45, 2.75) is 32.0 Å². The Labute approximate surface area is 186 Å². The molecule has 2 aromatic heterocycles. The van der Waals surface area contributed by atoms with E-state index in [1.54, 1.807) is 21.0 Å². The zero-order valence-corrected chi connectivity index (χ0v) is 17.8. The van der Waals surface area contributed by atoms with Crippen LogP contribution in [0.2, 0.25) is 0 Å². The van der Waals surface area contributed by atoms with E-state index in [0.717, 1.165) is 12.1 Å². The highest BCUT2D eigenvalue weighted by Gasteiger charge is 2.22. The summed E-state index contributed by atoms with van der Waals surface area (Å²) in [7, 11) is 3.32. The number of aliphatic hydroxyl groups excluding tert-OH is 1. The Balaban J connectivity index is 1.86. The summed E-state index contributed by atoms with van der Waals surface area (Å²) in [5, 5.41) is 16.8. The summed E-state index contributed by atoms with van der Waals surface area (Å²) >= 11 is 0. The van der Waals surface area contributed by atoms with Gasteiger partial charge in [0, 0.05) is 22.8 Å². The van der Waals surface area contributed by atoms with Crippen LogP contribution in [0.15, 0.2) is 36.9 Å². The van der Waals surface area contributed by atoms with Gasteiger partial charge in [-0.25, -0.2) is 32.5 Å². The number of alkyl halides is 4. The van der Waals surface area contributed by atoms with Gasteiger partial charge in [0.15, 0.2) is 11.6 Å². The van der Waals surface area contributed by atoms with Crippen molar-refractivity contribution in [3.8, 4) is 5.82 Å². The van der Waals surface area contributed by atoms with E-state index in [1.807, 2.05) is 0 Å². The number of hydrogen-bond acceptors (Lipinski definition) is 7. The normalized spacial score (nSPS) is 13.5. The number of benzene rings is 1. The Morgan fingerprint density at radius 2 is 1.64 bits per heavy atom. The maximum atomic E-state index is 13.1. The first-order valence-corrected chi connectivity index (χ1v) is 9.67. The van der Waals surface area contributed by atoms with Crippen molar-refractivity contribution in [3.05, 3.63) is 65.1 Å². The summed E-state index contributed by atoms with van der Waals surface area (Å²) in [6.45, 7) is 1.56. The van der Waals surface area contributed by atoms with Crippen LogP contribution in [-0.2, 0) is 0 Å². The van der Waals surface area contributed by atoms with Gasteiger partial charge in [-0.3, -0.25) is 9.69 Å². The van der Waals surface area contributed by atoms with Gasteiger partial charge in [0.2, 0.25) is 0 Å². The zero-order chi connectivity index (χ0) is 24.3. The lowest BCUT2D eigenvalue weighted by Gasteiger charge is -2.18. The molecule has 33 heavy (non-hydrogen) atoms. The molecule has 0 aliphatic rings. The Kier molecular flexibility index (Phi) is 7.33. The molecule has 2 atom stereocenters. The third kappa shape index (κ3) is 5.49. The molecule has 0 fully saturated rings. The summed E-state index contributed by atoms with van der Waals surface area (Å²) in [6, 6.07) is 3.08. The minimum absolute atomic E-state index is 0.228. The summed E-state index contributed by atoms with van der Waals surface area (Å²) < 4.78 is 53.7. The van der Waals surface area contributed by atoms with Crippen LogP contribution >= 0.6 is 0 Å². The second-order valence-electron chi connectivity index (χ2n) is 7.35. The molecular formula is C20H21F4N7O2. The summed E-state index contributed by atoms with van der Waals surface area (Å²) in [5.74, 6) is -0.353. The summed E-state index contributed by atoms with van der Waals surface area (Å²) in [4.78, 5) is 26.4. The van der Waals surface area contributed by atoms with Gasteiger partial charge in [-0.1, -0.05) is 0 Å². The summed E-state index contributed by atoms with van der Waals surface area (Å²) in [5.41, 5.74) is -1.39. The highest BCUT2D eigenvalue weighted by atomic mass is 19.3. The minimum Gasteiger partial charge on any atom is -0.372 e. The molecule has 176 valence electrons. The van der Waals surface area contributed by atoms with Crippen molar-refractivity contribution in [3.63, 3.8) is 0 Å². The van der Waals surface area contributed by atoms with Crippen LogP contribution in [0.4, 0.5) is 17.6 Å². The van der Waals surface area contributed by atoms with Gasteiger partial charge < -0.3 is 10.4 Å². The van der Waals surface area contributed by atoms with Crippen LogP contribution in [0.5, 0.6) is 0 Å². The van der Waals surface area contributed by atoms with Gasteiger partial charge in [0.1, 0.15) is 18.9 Å². The average molecular weight is 467 g/mol. The van der Waals surface area contributed by atoms with Crippen molar-refractivity contribution in [2.24, 2.45) is 0 Å². The predicted molar refractivity (Wildman–Crippen MR) is 108 cm³/mol. The molecule has 0 aliphatic carbocycles. The molecule has 1 amide bonds. The lowest BCUT2D eigenvalue weighted by molar-refractivity contribution is 0.0356. The fourth-order valence-corrected chi connectivity index (χ4v) is 3.01. The number of aromatic nitrogens is 5. The van der Waals surface area contributed by atoms with E-state index in [-0.39, 0.29) is 17.2 Å². The topological polar surface area (TPSA) is 109 Å². The van der Waals surface area contributed by atoms with Gasteiger partial charge in [-0.05, 0) is 39.2 Å². The van der Waals surface area contributed by atoms with Crippen LogP contribution in [0.1, 0.15) is 65.0 Å². The minimum atomic E-state index is -3.01.